The largest absolute Gasteiger partial charge is 0.493 e. The Kier molecular flexibility index (Phi) is 6.49. The summed E-state index contributed by atoms with van der Waals surface area (Å²) < 4.78 is 11.4. The van der Waals surface area contributed by atoms with Crippen molar-refractivity contribution in [3.05, 3.63) is 73.3 Å². The Morgan fingerprint density at radius 1 is 1.00 bits per heavy atom. The Labute approximate surface area is 177 Å². The number of hydrogen-bond donors (Lipinski definition) is 0. The van der Waals surface area contributed by atoms with Gasteiger partial charge in [0, 0.05) is 23.3 Å². The molecule has 0 N–H and O–H groups in total. The van der Waals surface area contributed by atoms with E-state index in [4.69, 9.17) is 9.47 Å². The highest BCUT2D eigenvalue weighted by Gasteiger charge is 2.21. The number of non-ortho nitro benzene ring substituents is 1. The lowest BCUT2D eigenvalue weighted by Crippen LogP contribution is -2.12. The van der Waals surface area contributed by atoms with Gasteiger partial charge in [0.1, 0.15) is 0 Å². The summed E-state index contributed by atoms with van der Waals surface area (Å²) >= 11 is 3.47. The van der Waals surface area contributed by atoms with E-state index in [-0.39, 0.29) is 11.5 Å². The third kappa shape index (κ3) is 4.74. The van der Waals surface area contributed by atoms with Crippen LogP contribution >= 0.6 is 15.9 Å². The van der Waals surface area contributed by atoms with Crippen molar-refractivity contribution in [1.29, 1.82) is 0 Å². The number of carbonyl (C=O) groups is 1. The SMILES string of the molecule is COc1cc(/C=C2\CCC/C(=C\c3ccc([N+](=O)[O-])cc3)C2=O)cc(Br)c1OC. The normalized spacial score (nSPS) is 16.9. The van der Waals surface area contributed by atoms with Gasteiger partial charge < -0.3 is 9.47 Å². The number of ether oxygens (including phenoxy) is 2. The lowest BCUT2D eigenvalue weighted by atomic mass is 9.87. The summed E-state index contributed by atoms with van der Waals surface area (Å²) in [7, 11) is 3.14. The van der Waals surface area contributed by atoms with Crippen LogP contribution in [0.25, 0.3) is 12.2 Å². The second-order valence-corrected chi connectivity index (χ2v) is 7.46. The molecule has 2 aromatic carbocycles. The minimum Gasteiger partial charge on any atom is -0.493 e. The topological polar surface area (TPSA) is 78.7 Å². The van der Waals surface area contributed by atoms with Crippen LogP contribution in [0.5, 0.6) is 11.5 Å². The van der Waals surface area contributed by atoms with E-state index < -0.39 is 4.92 Å². The number of halogens is 1. The average Bonchev–Trinajstić information content (AvgIpc) is 2.71. The van der Waals surface area contributed by atoms with E-state index in [2.05, 4.69) is 15.9 Å². The number of benzene rings is 2. The van der Waals surface area contributed by atoms with Crippen LogP contribution in [0.4, 0.5) is 5.69 Å². The number of nitro benzene ring substituents is 1. The van der Waals surface area contributed by atoms with Crippen molar-refractivity contribution in [2.75, 3.05) is 14.2 Å². The van der Waals surface area contributed by atoms with Crippen LogP contribution in [0.2, 0.25) is 0 Å². The van der Waals surface area contributed by atoms with E-state index in [1.807, 2.05) is 24.3 Å². The summed E-state index contributed by atoms with van der Waals surface area (Å²) in [5.41, 5.74) is 3.07. The molecule has 0 saturated heterocycles. The van der Waals surface area contributed by atoms with Crippen molar-refractivity contribution in [2.24, 2.45) is 0 Å². The zero-order valence-corrected chi connectivity index (χ0v) is 17.7. The first-order valence-corrected chi connectivity index (χ1v) is 9.84. The minimum absolute atomic E-state index is 0.000472. The monoisotopic (exact) mass is 457 g/mol. The number of hydrogen-bond acceptors (Lipinski definition) is 5. The number of rotatable bonds is 5. The molecule has 0 aromatic heterocycles. The quantitative estimate of drug-likeness (QED) is 0.331. The highest BCUT2D eigenvalue weighted by Crippen LogP contribution is 2.37. The van der Waals surface area contributed by atoms with Crippen LogP contribution in [0.15, 0.2) is 52.0 Å². The molecule has 0 radical (unpaired) electrons. The Hall–Kier alpha value is -2.93. The van der Waals surface area contributed by atoms with Crippen LogP contribution in [0, 0.1) is 10.1 Å². The third-order valence-corrected chi connectivity index (χ3v) is 5.31. The van der Waals surface area contributed by atoms with Crippen LogP contribution in [-0.4, -0.2) is 24.9 Å². The molecule has 3 rings (SSSR count). The zero-order chi connectivity index (χ0) is 21.0. The number of ketones is 1. The smallest absolute Gasteiger partial charge is 0.269 e. The Balaban J connectivity index is 1.89. The molecule has 0 spiro atoms. The number of nitrogens with zero attached hydrogens (tertiary/aromatic N) is 1. The maximum absolute atomic E-state index is 13.0. The van der Waals surface area contributed by atoms with Crippen molar-refractivity contribution >= 4 is 39.6 Å². The molecule has 1 fully saturated rings. The first-order chi connectivity index (χ1) is 13.9. The molecule has 0 bridgehead atoms. The molecule has 0 aliphatic heterocycles. The van der Waals surface area contributed by atoms with Gasteiger partial charge in [0.05, 0.1) is 23.6 Å². The molecular formula is C22H20BrNO5. The van der Waals surface area contributed by atoms with Gasteiger partial charge in [-0.15, -0.1) is 0 Å². The molecule has 0 amide bonds. The van der Waals surface area contributed by atoms with Crippen molar-refractivity contribution in [2.45, 2.75) is 19.3 Å². The highest BCUT2D eigenvalue weighted by atomic mass is 79.9. The molecule has 0 heterocycles. The summed E-state index contributed by atoms with van der Waals surface area (Å²) in [6, 6.07) is 9.91. The maximum atomic E-state index is 13.0. The van der Waals surface area contributed by atoms with Gasteiger partial charge in [-0.2, -0.15) is 0 Å². The number of nitro groups is 1. The molecule has 7 heteroatoms. The number of methoxy groups -OCH3 is 2. The molecule has 0 atom stereocenters. The van der Waals surface area contributed by atoms with Gasteiger partial charge in [-0.1, -0.05) is 0 Å². The van der Waals surface area contributed by atoms with E-state index in [1.165, 1.54) is 12.1 Å². The molecule has 150 valence electrons. The summed E-state index contributed by atoms with van der Waals surface area (Å²) in [4.78, 5) is 23.3. The lowest BCUT2D eigenvalue weighted by Gasteiger charge is -2.17. The predicted molar refractivity (Wildman–Crippen MR) is 115 cm³/mol. The summed E-state index contributed by atoms with van der Waals surface area (Å²) in [5, 5.41) is 10.8. The molecular weight excluding hydrogens is 438 g/mol. The van der Waals surface area contributed by atoms with E-state index >= 15 is 0 Å². The van der Waals surface area contributed by atoms with Gasteiger partial charge in [0.25, 0.3) is 5.69 Å². The van der Waals surface area contributed by atoms with Crippen LogP contribution in [-0.2, 0) is 4.79 Å². The molecule has 1 saturated carbocycles. The number of Topliss-reactive ketones (excluding diaryl/α,β-unsaturated/α-hetero) is 1. The average molecular weight is 458 g/mol. The van der Waals surface area contributed by atoms with Crippen molar-refractivity contribution in [3.63, 3.8) is 0 Å². The number of allylic oxidation sites excluding steroid dienone is 2. The van der Waals surface area contributed by atoms with Gasteiger partial charge in [-0.3, -0.25) is 14.9 Å². The van der Waals surface area contributed by atoms with Crippen LogP contribution < -0.4 is 9.47 Å². The summed E-state index contributed by atoms with van der Waals surface area (Å²) in [6.45, 7) is 0. The standard InChI is InChI=1S/C22H20BrNO5/c1-28-20-13-15(12-19(23)22(20)29-2)11-17-5-3-4-16(21(17)25)10-14-6-8-18(9-7-14)24(26)27/h6-13H,3-5H2,1-2H3/b16-10+,17-11+. The van der Waals surface area contributed by atoms with E-state index in [0.29, 0.717) is 29.9 Å². The fourth-order valence-electron chi connectivity index (χ4n) is 3.29. The molecule has 29 heavy (non-hydrogen) atoms. The van der Waals surface area contributed by atoms with Gasteiger partial charge in [-0.05, 0) is 82.7 Å². The predicted octanol–water partition coefficient (Wildman–Crippen LogP) is 5.59. The lowest BCUT2D eigenvalue weighted by molar-refractivity contribution is -0.384. The molecule has 1 aliphatic rings. The Morgan fingerprint density at radius 2 is 1.62 bits per heavy atom. The molecule has 2 aromatic rings. The molecule has 0 unspecified atom stereocenters. The van der Waals surface area contributed by atoms with Gasteiger partial charge in [0.2, 0.25) is 0 Å². The zero-order valence-electron chi connectivity index (χ0n) is 16.1. The van der Waals surface area contributed by atoms with E-state index in [9.17, 15) is 14.9 Å². The Bertz CT molecular complexity index is 1010. The fraction of sp³-hybridized carbons (Fsp3) is 0.227. The minimum atomic E-state index is -0.440. The van der Waals surface area contributed by atoms with Crippen molar-refractivity contribution in [3.8, 4) is 11.5 Å². The van der Waals surface area contributed by atoms with Crippen LogP contribution in [0.3, 0.4) is 0 Å². The summed E-state index contributed by atoms with van der Waals surface area (Å²) in [5.74, 6) is 1.18. The third-order valence-electron chi connectivity index (χ3n) is 4.72. The van der Waals surface area contributed by atoms with Crippen LogP contribution in [0.1, 0.15) is 30.4 Å². The number of carbonyl (C=O) groups excluding carboxylic acids is 1. The highest BCUT2D eigenvalue weighted by molar-refractivity contribution is 9.10. The van der Waals surface area contributed by atoms with Crippen molar-refractivity contribution in [1.82, 2.24) is 0 Å². The molecule has 6 nitrogen and oxygen atoms in total. The van der Waals surface area contributed by atoms with E-state index in [0.717, 1.165) is 27.6 Å². The van der Waals surface area contributed by atoms with Gasteiger partial charge in [-0.25, -0.2) is 0 Å². The first-order valence-electron chi connectivity index (χ1n) is 9.04. The first kappa shape index (κ1) is 20.8. The Morgan fingerprint density at radius 3 is 2.17 bits per heavy atom. The summed E-state index contributed by atoms with van der Waals surface area (Å²) in [6.07, 6.45) is 5.93. The van der Waals surface area contributed by atoms with Gasteiger partial charge in [0.15, 0.2) is 17.3 Å². The van der Waals surface area contributed by atoms with Gasteiger partial charge >= 0.3 is 0 Å². The van der Waals surface area contributed by atoms with E-state index in [1.54, 1.807) is 26.4 Å². The maximum Gasteiger partial charge on any atom is 0.269 e. The van der Waals surface area contributed by atoms with Crippen molar-refractivity contribution < 1.29 is 19.2 Å². The fourth-order valence-corrected chi connectivity index (χ4v) is 3.92. The molecule has 1 aliphatic carbocycles. The second-order valence-electron chi connectivity index (χ2n) is 6.61. The second kappa shape index (κ2) is 9.05.